The summed E-state index contributed by atoms with van der Waals surface area (Å²) in [6.07, 6.45) is 1.79. The predicted octanol–water partition coefficient (Wildman–Crippen LogP) is 4.33. The Kier molecular flexibility index (Phi) is 6.27. The summed E-state index contributed by atoms with van der Waals surface area (Å²) < 4.78 is 18.6. The zero-order valence-electron chi connectivity index (χ0n) is 15.8. The first kappa shape index (κ1) is 19.6. The van der Waals surface area contributed by atoms with Crippen LogP contribution in [0.25, 0.3) is 0 Å². The van der Waals surface area contributed by atoms with E-state index in [4.69, 9.17) is 25.6 Å². The Balaban J connectivity index is 2.22. The number of halogens is 1. The van der Waals surface area contributed by atoms with Crippen LogP contribution >= 0.6 is 11.6 Å². The summed E-state index contributed by atoms with van der Waals surface area (Å²) in [5.41, 5.74) is 1.46. The first-order valence-corrected chi connectivity index (χ1v) is 9.37. The van der Waals surface area contributed by atoms with Crippen LogP contribution < -0.4 is 10.2 Å². The summed E-state index contributed by atoms with van der Waals surface area (Å²) >= 11 is 5.73. The fourth-order valence-corrected chi connectivity index (χ4v) is 3.38. The van der Waals surface area contributed by atoms with E-state index in [1.807, 2.05) is 12.1 Å². The molecule has 1 aromatic carbocycles. The highest BCUT2D eigenvalue weighted by molar-refractivity contribution is 6.62. The molecule has 0 bridgehead atoms. The molecule has 0 spiro atoms. The van der Waals surface area contributed by atoms with Gasteiger partial charge in [-0.05, 0) is 63.5 Å². The van der Waals surface area contributed by atoms with Crippen molar-refractivity contribution < 1.29 is 14.0 Å². The second kappa shape index (κ2) is 7.67. The van der Waals surface area contributed by atoms with E-state index >= 15 is 0 Å². The lowest BCUT2D eigenvalue weighted by Crippen LogP contribution is -2.45. The molecule has 1 heterocycles. The normalized spacial score (nSPS) is 23.1. The van der Waals surface area contributed by atoms with Crippen LogP contribution in [0.5, 0.6) is 5.75 Å². The summed E-state index contributed by atoms with van der Waals surface area (Å²) in [6, 6.07) is 6.04. The van der Waals surface area contributed by atoms with E-state index in [2.05, 4.69) is 47.6 Å². The van der Waals surface area contributed by atoms with Crippen molar-refractivity contribution in [3.05, 3.63) is 23.8 Å². The molecule has 134 valence electrons. The average Bonchev–Trinajstić information content (AvgIpc) is 2.70. The van der Waals surface area contributed by atoms with Gasteiger partial charge in [-0.3, -0.25) is 0 Å². The molecule has 1 saturated heterocycles. The average molecular weight is 353 g/mol. The number of rotatable bonds is 7. The Hall–Kier alpha value is -0.705. The summed E-state index contributed by atoms with van der Waals surface area (Å²) in [6.45, 7) is 13.5. The predicted molar refractivity (Wildman–Crippen MR) is 102 cm³/mol. The van der Waals surface area contributed by atoms with Gasteiger partial charge in [-0.2, -0.15) is 0 Å². The van der Waals surface area contributed by atoms with Gasteiger partial charge in [0.15, 0.2) is 0 Å². The third-order valence-corrected chi connectivity index (χ3v) is 5.22. The van der Waals surface area contributed by atoms with Gasteiger partial charge in [0.05, 0.1) is 17.8 Å². The molecule has 0 radical (unpaired) electrons. The van der Waals surface area contributed by atoms with Gasteiger partial charge in [0.2, 0.25) is 0 Å². The highest BCUT2D eigenvalue weighted by atomic mass is 35.5. The number of hydrogen-bond acceptors (Lipinski definition) is 3. The second-order valence-electron chi connectivity index (χ2n) is 7.77. The lowest BCUT2D eigenvalue weighted by Gasteiger charge is -2.37. The van der Waals surface area contributed by atoms with Gasteiger partial charge < -0.3 is 14.0 Å². The number of ether oxygens (including phenoxy) is 1. The first-order chi connectivity index (χ1) is 11.2. The van der Waals surface area contributed by atoms with E-state index in [0.717, 1.165) is 29.6 Å². The molecule has 0 aromatic heterocycles. The van der Waals surface area contributed by atoms with Crippen LogP contribution in [0.15, 0.2) is 18.2 Å². The quantitative estimate of drug-likeness (QED) is 0.415. The van der Waals surface area contributed by atoms with Crippen LogP contribution in [-0.2, 0) is 9.31 Å². The molecular weight excluding hydrogens is 322 g/mol. The molecule has 1 atom stereocenters. The second-order valence-corrected chi connectivity index (χ2v) is 8.15. The smallest absolute Gasteiger partial charge is 0.493 e. The molecule has 24 heavy (non-hydrogen) atoms. The van der Waals surface area contributed by atoms with E-state index in [1.54, 1.807) is 0 Å². The highest BCUT2D eigenvalue weighted by Crippen LogP contribution is 2.41. The molecule has 2 rings (SSSR count). The lowest BCUT2D eigenvalue weighted by atomic mass is 9.76. The molecule has 3 nitrogen and oxygen atoms in total. The maximum atomic E-state index is 6.42. The van der Waals surface area contributed by atoms with Crippen molar-refractivity contribution in [1.29, 1.82) is 0 Å². The van der Waals surface area contributed by atoms with Gasteiger partial charge in [0, 0.05) is 5.88 Å². The fraction of sp³-hybridized carbons (Fsp3) is 0.684. The minimum atomic E-state index is -0.361. The SMILES string of the molecule is Cc1c(OCCCCl)cccc1B1OC(C)(C)C(C)(CC(C)C)O1. The summed E-state index contributed by atoms with van der Waals surface area (Å²) in [5.74, 6) is 2.03. The Bertz CT molecular complexity index is 562. The Morgan fingerprint density at radius 1 is 1.21 bits per heavy atom. The molecule has 1 aliphatic heterocycles. The van der Waals surface area contributed by atoms with Crippen molar-refractivity contribution in [2.75, 3.05) is 12.5 Å². The van der Waals surface area contributed by atoms with Gasteiger partial charge in [0.1, 0.15) is 5.75 Å². The minimum Gasteiger partial charge on any atom is -0.493 e. The minimum absolute atomic E-state index is 0.312. The summed E-state index contributed by atoms with van der Waals surface area (Å²) in [4.78, 5) is 0. The molecular formula is C19H30BClO3. The van der Waals surface area contributed by atoms with Crippen LogP contribution in [0.3, 0.4) is 0 Å². The third kappa shape index (κ3) is 4.09. The van der Waals surface area contributed by atoms with Crippen molar-refractivity contribution in [2.24, 2.45) is 5.92 Å². The molecule has 1 aliphatic rings. The van der Waals surface area contributed by atoms with Crippen molar-refractivity contribution >= 4 is 24.2 Å². The maximum Gasteiger partial charge on any atom is 0.495 e. The summed E-state index contributed by atoms with van der Waals surface area (Å²) in [5, 5.41) is 0. The lowest BCUT2D eigenvalue weighted by molar-refractivity contribution is -0.0239. The zero-order valence-corrected chi connectivity index (χ0v) is 16.6. The number of alkyl halides is 1. The topological polar surface area (TPSA) is 27.7 Å². The third-order valence-electron chi connectivity index (χ3n) is 4.96. The monoisotopic (exact) mass is 352 g/mol. The summed E-state index contributed by atoms with van der Waals surface area (Å²) in [7, 11) is -0.361. The molecule has 5 heteroatoms. The molecule has 0 N–H and O–H groups in total. The van der Waals surface area contributed by atoms with Crippen LogP contribution in [0.1, 0.15) is 53.0 Å². The maximum absolute atomic E-state index is 6.42. The van der Waals surface area contributed by atoms with Gasteiger partial charge in [0.25, 0.3) is 0 Å². The molecule has 0 amide bonds. The van der Waals surface area contributed by atoms with Crippen molar-refractivity contribution in [3.8, 4) is 5.75 Å². The Morgan fingerprint density at radius 2 is 1.92 bits per heavy atom. The van der Waals surface area contributed by atoms with E-state index in [-0.39, 0.29) is 18.3 Å². The van der Waals surface area contributed by atoms with E-state index < -0.39 is 0 Å². The van der Waals surface area contributed by atoms with Crippen molar-refractivity contribution in [2.45, 2.75) is 65.6 Å². The number of hydrogen-bond donors (Lipinski definition) is 0. The Labute approximate surface area is 152 Å². The van der Waals surface area contributed by atoms with Crippen LogP contribution in [0, 0.1) is 12.8 Å². The largest absolute Gasteiger partial charge is 0.495 e. The number of benzene rings is 1. The highest BCUT2D eigenvalue weighted by Gasteiger charge is 2.54. The van der Waals surface area contributed by atoms with Crippen LogP contribution in [0.4, 0.5) is 0 Å². The molecule has 0 saturated carbocycles. The zero-order chi connectivity index (χ0) is 18.0. The molecule has 1 unspecified atom stereocenters. The van der Waals surface area contributed by atoms with E-state index in [0.29, 0.717) is 18.4 Å². The fourth-order valence-electron chi connectivity index (χ4n) is 3.27. The van der Waals surface area contributed by atoms with E-state index in [9.17, 15) is 0 Å². The van der Waals surface area contributed by atoms with Crippen molar-refractivity contribution in [3.63, 3.8) is 0 Å². The van der Waals surface area contributed by atoms with Crippen LogP contribution in [-0.4, -0.2) is 30.8 Å². The van der Waals surface area contributed by atoms with Gasteiger partial charge in [-0.25, -0.2) is 0 Å². The molecule has 1 fully saturated rings. The molecule has 1 aromatic rings. The molecule has 0 aliphatic carbocycles. The van der Waals surface area contributed by atoms with E-state index in [1.165, 1.54) is 0 Å². The van der Waals surface area contributed by atoms with Gasteiger partial charge in [-0.1, -0.05) is 26.0 Å². The Morgan fingerprint density at radius 3 is 2.54 bits per heavy atom. The van der Waals surface area contributed by atoms with Crippen LogP contribution in [0.2, 0.25) is 0 Å². The van der Waals surface area contributed by atoms with Gasteiger partial charge in [-0.15, -0.1) is 11.6 Å². The van der Waals surface area contributed by atoms with Gasteiger partial charge >= 0.3 is 7.12 Å². The van der Waals surface area contributed by atoms with Crippen molar-refractivity contribution in [1.82, 2.24) is 0 Å². The standard InChI is InChI=1S/C19H30BClO3/c1-14(2)13-19(6)18(4,5)23-20(24-19)16-9-7-10-17(15(16)3)22-12-8-11-21/h7,9-10,14H,8,11-13H2,1-6H3. The first-order valence-electron chi connectivity index (χ1n) is 8.84.